The van der Waals surface area contributed by atoms with Crippen molar-refractivity contribution in [1.29, 1.82) is 0 Å². The number of esters is 1. The molecular weight excluding hydrogens is 459 g/mol. The minimum Gasteiger partial charge on any atom is -0.424 e. The van der Waals surface area contributed by atoms with E-state index in [2.05, 4.69) is 48.5 Å². The molecule has 0 aliphatic rings. The smallest absolute Gasteiger partial charge is 0.311 e. The second kappa shape index (κ2) is 8.10. The molecule has 1 heterocycles. The molecular formula is C17H20ClIN2O2S. The van der Waals surface area contributed by atoms with Gasteiger partial charge in [-0.25, -0.2) is 0 Å². The Labute approximate surface area is 165 Å². The fourth-order valence-corrected chi connectivity index (χ4v) is 3.97. The fraction of sp³-hybridized carbons (Fsp3) is 0.412. The number of para-hydroxylation sites is 1. The summed E-state index contributed by atoms with van der Waals surface area (Å²) >= 11 is 9.93. The summed E-state index contributed by atoms with van der Waals surface area (Å²) in [5.41, 5.74) is 0.0862. The zero-order valence-corrected chi connectivity index (χ0v) is 17.8. The number of hydrogen-bond acceptors (Lipinski definition) is 4. The van der Waals surface area contributed by atoms with Crippen LogP contribution in [0.2, 0.25) is 5.02 Å². The van der Waals surface area contributed by atoms with Gasteiger partial charge in [-0.15, -0.1) is 0 Å². The van der Waals surface area contributed by atoms with Crippen molar-refractivity contribution in [2.24, 2.45) is 12.5 Å². The maximum absolute atomic E-state index is 12.2. The van der Waals surface area contributed by atoms with Crippen molar-refractivity contribution in [3.63, 3.8) is 0 Å². The van der Waals surface area contributed by atoms with Crippen molar-refractivity contribution in [2.75, 3.05) is 0 Å². The third-order valence-electron chi connectivity index (χ3n) is 3.20. The van der Waals surface area contributed by atoms with E-state index >= 15 is 0 Å². The Balaban J connectivity index is 2.17. The summed E-state index contributed by atoms with van der Waals surface area (Å²) in [5, 5.41) is 4.75. The average molecular weight is 479 g/mol. The monoisotopic (exact) mass is 478 g/mol. The quantitative estimate of drug-likeness (QED) is 0.320. The minimum atomic E-state index is -0.263. The largest absolute Gasteiger partial charge is 0.424 e. The molecule has 2 rings (SSSR count). The topological polar surface area (TPSA) is 44.1 Å². The SMILES string of the molecule is Cn1cc(Sc2cccc(Cl)c2OC(=O)CCC(C)(C)C)c(I)n1. The molecule has 1 aromatic carbocycles. The van der Waals surface area contributed by atoms with Crippen LogP contribution in [0.4, 0.5) is 0 Å². The Morgan fingerprint density at radius 3 is 2.67 bits per heavy atom. The highest BCUT2D eigenvalue weighted by molar-refractivity contribution is 14.1. The van der Waals surface area contributed by atoms with Gasteiger partial charge in [-0.05, 0) is 46.6 Å². The molecule has 4 nitrogen and oxygen atoms in total. The molecule has 2 aromatic rings. The van der Waals surface area contributed by atoms with Crippen LogP contribution in [0.3, 0.4) is 0 Å². The number of ether oxygens (including phenoxy) is 1. The molecule has 0 aliphatic heterocycles. The third kappa shape index (κ3) is 5.67. The van der Waals surface area contributed by atoms with E-state index < -0.39 is 0 Å². The van der Waals surface area contributed by atoms with Gasteiger partial charge in [0.05, 0.1) is 14.8 Å². The van der Waals surface area contributed by atoms with Crippen molar-refractivity contribution >= 4 is 51.9 Å². The van der Waals surface area contributed by atoms with Crippen LogP contribution in [0.1, 0.15) is 33.6 Å². The molecule has 0 fully saturated rings. The number of halogens is 2. The summed E-state index contributed by atoms with van der Waals surface area (Å²) < 4.78 is 8.22. The second-order valence-corrected chi connectivity index (χ2v) is 9.17. The molecule has 0 saturated carbocycles. The van der Waals surface area contributed by atoms with Gasteiger partial charge in [-0.2, -0.15) is 5.10 Å². The summed E-state index contributed by atoms with van der Waals surface area (Å²) in [5.74, 6) is 0.156. The number of aryl methyl sites for hydroxylation is 1. The van der Waals surface area contributed by atoms with Crippen molar-refractivity contribution in [3.05, 3.63) is 33.1 Å². The van der Waals surface area contributed by atoms with Crippen molar-refractivity contribution < 1.29 is 9.53 Å². The zero-order chi connectivity index (χ0) is 17.9. The first-order valence-corrected chi connectivity index (χ1v) is 9.79. The number of carbonyl (C=O) groups excluding carboxylic acids is 1. The highest BCUT2D eigenvalue weighted by Gasteiger charge is 2.18. The molecule has 0 bridgehead atoms. The van der Waals surface area contributed by atoms with Crippen LogP contribution in [0, 0.1) is 9.12 Å². The van der Waals surface area contributed by atoms with Crippen LogP contribution >= 0.6 is 46.0 Å². The Morgan fingerprint density at radius 1 is 1.38 bits per heavy atom. The zero-order valence-electron chi connectivity index (χ0n) is 14.1. The van der Waals surface area contributed by atoms with E-state index in [1.54, 1.807) is 10.7 Å². The van der Waals surface area contributed by atoms with Crippen molar-refractivity contribution in [2.45, 2.75) is 43.4 Å². The Bertz CT molecular complexity index is 741. The van der Waals surface area contributed by atoms with Crippen LogP contribution in [0.15, 0.2) is 34.2 Å². The van der Waals surface area contributed by atoms with Gasteiger partial charge < -0.3 is 4.74 Å². The van der Waals surface area contributed by atoms with Gasteiger partial charge >= 0.3 is 5.97 Å². The van der Waals surface area contributed by atoms with Gasteiger partial charge in [0, 0.05) is 19.7 Å². The standard InChI is InChI=1S/C17H20ClIN2O2S/c1-17(2,3)9-8-14(22)23-15-11(18)6-5-7-12(15)24-13-10-21(4)20-16(13)19/h5-7,10H,8-9H2,1-4H3. The van der Waals surface area contributed by atoms with E-state index in [-0.39, 0.29) is 11.4 Å². The normalized spacial score (nSPS) is 11.6. The Morgan fingerprint density at radius 2 is 2.08 bits per heavy atom. The molecule has 0 spiro atoms. The van der Waals surface area contributed by atoms with Crippen LogP contribution in [-0.2, 0) is 11.8 Å². The van der Waals surface area contributed by atoms with E-state index in [0.717, 1.165) is 19.9 Å². The predicted molar refractivity (Wildman–Crippen MR) is 106 cm³/mol. The van der Waals surface area contributed by atoms with Crippen LogP contribution in [-0.4, -0.2) is 15.7 Å². The van der Waals surface area contributed by atoms with Crippen LogP contribution < -0.4 is 4.74 Å². The number of rotatable bonds is 5. The molecule has 0 aliphatic carbocycles. The second-order valence-electron chi connectivity index (χ2n) is 6.66. The Kier molecular flexibility index (Phi) is 6.61. The molecule has 0 unspecified atom stereocenters. The lowest BCUT2D eigenvalue weighted by molar-refractivity contribution is -0.135. The number of benzene rings is 1. The maximum Gasteiger partial charge on any atom is 0.311 e. The summed E-state index contributed by atoms with van der Waals surface area (Å²) in [6.07, 6.45) is 3.06. The van der Waals surface area contributed by atoms with Crippen molar-refractivity contribution in [3.8, 4) is 5.75 Å². The molecule has 0 radical (unpaired) electrons. The van der Waals surface area contributed by atoms with Gasteiger partial charge in [0.25, 0.3) is 0 Å². The minimum absolute atomic E-state index is 0.0862. The van der Waals surface area contributed by atoms with Gasteiger partial charge in [0.1, 0.15) is 3.70 Å². The molecule has 24 heavy (non-hydrogen) atoms. The summed E-state index contributed by atoms with van der Waals surface area (Å²) in [4.78, 5) is 14.0. The molecule has 1 aromatic heterocycles. The van der Waals surface area contributed by atoms with E-state index in [1.807, 2.05) is 25.4 Å². The molecule has 7 heteroatoms. The highest BCUT2D eigenvalue weighted by atomic mass is 127. The molecule has 0 atom stereocenters. The summed E-state index contributed by atoms with van der Waals surface area (Å²) in [6, 6.07) is 5.47. The van der Waals surface area contributed by atoms with Gasteiger partial charge in [0.15, 0.2) is 5.75 Å². The maximum atomic E-state index is 12.2. The number of aromatic nitrogens is 2. The van der Waals surface area contributed by atoms with Crippen molar-refractivity contribution in [1.82, 2.24) is 9.78 Å². The lowest BCUT2D eigenvalue weighted by Gasteiger charge is -2.17. The van der Waals surface area contributed by atoms with Crippen LogP contribution in [0.25, 0.3) is 0 Å². The molecule has 130 valence electrons. The Hall–Kier alpha value is -0.730. The van der Waals surface area contributed by atoms with E-state index in [4.69, 9.17) is 16.3 Å². The summed E-state index contributed by atoms with van der Waals surface area (Å²) in [7, 11) is 1.87. The van der Waals surface area contributed by atoms with E-state index in [1.165, 1.54) is 11.8 Å². The number of hydrogen-bond donors (Lipinski definition) is 0. The lowest BCUT2D eigenvalue weighted by Crippen LogP contribution is -2.13. The third-order valence-corrected chi connectivity index (χ3v) is 5.72. The van der Waals surface area contributed by atoms with Gasteiger partial charge in [0.2, 0.25) is 0 Å². The first-order valence-electron chi connectivity index (χ1n) is 7.52. The predicted octanol–water partition coefficient (Wildman–Crippen LogP) is 5.56. The molecule has 0 N–H and O–H groups in total. The molecule has 0 saturated heterocycles. The highest BCUT2D eigenvalue weighted by Crippen LogP contribution is 2.40. The first-order chi connectivity index (χ1) is 11.2. The van der Waals surface area contributed by atoms with E-state index in [0.29, 0.717) is 17.2 Å². The lowest BCUT2D eigenvalue weighted by atomic mass is 9.91. The van der Waals surface area contributed by atoms with E-state index in [9.17, 15) is 4.79 Å². The first kappa shape index (κ1) is 19.6. The molecule has 0 amide bonds. The van der Waals surface area contributed by atoms with Gasteiger partial charge in [-0.3, -0.25) is 9.48 Å². The number of nitrogens with zero attached hydrogens (tertiary/aromatic N) is 2. The van der Waals surface area contributed by atoms with Crippen LogP contribution in [0.5, 0.6) is 5.75 Å². The fourth-order valence-electron chi connectivity index (χ4n) is 1.94. The number of carbonyl (C=O) groups is 1. The average Bonchev–Trinajstić information content (AvgIpc) is 2.78. The van der Waals surface area contributed by atoms with Gasteiger partial charge in [-0.1, -0.05) is 50.2 Å². The summed E-state index contributed by atoms with van der Waals surface area (Å²) in [6.45, 7) is 6.30.